The van der Waals surface area contributed by atoms with Gasteiger partial charge in [0.05, 0.1) is 16.9 Å². The van der Waals surface area contributed by atoms with E-state index >= 15 is 0 Å². The zero-order chi connectivity index (χ0) is 14.6. The van der Waals surface area contributed by atoms with Gasteiger partial charge < -0.3 is 15.6 Å². The summed E-state index contributed by atoms with van der Waals surface area (Å²) in [6, 6.07) is 6.82. The number of rotatable bonds is 2. The van der Waals surface area contributed by atoms with Crippen LogP contribution >= 0.6 is 0 Å². The first kappa shape index (κ1) is 12.3. The number of hydrogen-bond donors (Lipinski definition) is 3. The van der Waals surface area contributed by atoms with E-state index < -0.39 is 0 Å². The molecule has 3 saturated heterocycles. The lowest BCUT2D eigenvalue weighted by molar-refractivity contribution is 0.0831. The van der Waals surface area contributed by atoms with E-state index in [-0.39, 0.29) is 5.54 Å². The standard InChI is InChI=1S/C16H16N6/c1-2-13(16-5-11(22-16)7-17-8-16)19-6-10(1)14-12-3-4-18-15(12)21-9-20-14/h1-4,6,9,11,17,22H,5,7-8H2,(H,18,20,21). The molecule has 3 N–H and O–H groups in total. The SMILES string of the molecule is c1nc(-c2ccc(C34CNCC(C3)N4)nc2)c2cc[nH]c2n1. The molecule has 3 aliphatic rings. The van der Waals surface area contributed by atoms with E-state index in [9.17, 15) is 0 Å². The molecule has 6 nitrogen and oxygen atoms in total. The van der Waals surface area contributed by atoms with Gasteiger partial charge >= 0.3 is 0 Å². The molecule has 2 bridgehead atoms. The lowest BCUT2D eigenvalue weighted by atomic mass is 9.75. The summed E-state index contributed by atoms with van der Waals surface area (Å²) >= 11 is 0. The summed E-state index contributed by atoms with van der Waals surface area (Å²) < 4.78 is 0. The third-order valence-electron chi connectivity index (χ3n) is 4.77. The second kappa shape index (κ2) is 4.34. The molecule has 0 aromatic carbocycles. The minimum Gasteiger partial charge on any atom is -0.346 e. The number of fused-ring (bicyclic) bond motifs is 3. The van der Waals surface area contributed by atoms with E-state index in [1.807, 2.05) is 18.5 Å². The Morgan fingerprint density at radius 3 is 2.86 bits per heavy atom. The van der Waals surface area contributed by atoms with E-state index in [4.69, 9.17) is 4.98 Å². The Kier molecular flexibility index (Phi) is 2.42. The van der Waals surface area contributed by atoms with E-state index in [0.717, 1.165) is 41.1 Å². The Morgan fingerprint density at radius 1 is 1.14 bits per heavy atom. The average Bonchev–Trinajstić information content (AvgIpc) is 3.03. The maximum atomic E-state index is 4.71. The van der Waals surface area contributed by atoms with Crippen molar-refractivity contribution in [1.29, 1.82) is 0 Å². The molecule has 6 rings (SSSR count). The largest absolute Gasteiger partial charge is 0.346 e. The Hall–Kier alpha value is -2.31. The van der Waals surface area contributed by atoms with Crippen molar-refractivity contribution in [2.45, 2.75) is 18.0 Å². The van der Waals surface area contributed by atoms with Crippen molar-refractivity contribution in [3.8, 4) is 11.3 Å². The molecule has 0 amide bonds. The van der Waals surface area contributed by atoms with Crippen LogP contribution in [0.15, 0.2) is 36.9 Å². The van der Waals surface area contributed by atoms with Gasteiger partial charge in [-0.15, -0.1) is 0 Å². The van der Waals surface area contributed by atoms with Crippen LogP contribution < -0.4 is 10.6 Å². The van der Waals surface area contributed by atoms with Gasteiger partial charge in [-0.2, -0.15) is 0 Å². The number of H-pyrrole nitrogens is 1. The van der Waals surface area contributed by atoms with Crippen molar-refractivity contribution in [3.05, 3.63) is 42.6 Å². The van der Waals surface area contributed by atoms with Crippen molar-refractivity contribution >= 4 is 11.0 Å². The fourth-order valence-corrected chi connectivity index (χ4v) is 3.68. The van der Waals surface area contributed by atoms with Crippen LogP contribution in [0.3, 0.4) is 0 Å². The van der Waals surface area contributed by atoms with Crippen LogP contribution in [0.2, 0.25) is 0 Å². The number of aromatic nitrogens is 4. The second-order valence-electron chi connectivity index (χ2n) is 6.15. The van der Waals surface area contributed by atoms with Crippen LogP contribution in [0.1, 0.15) is 12.1 Å². The maximum absolute atomic E-state index is 4.71. The third-order valence-corrected chi connectivity index (χ3v) is 4.77. The van der Waals surface area contributed by atoms with Crippen molar-refractivity contribution in [2.75, 3.05) is 13.1 Å². The van der Waals surface area contributed by atoms with Crippen LogP contribution in [0.4, 0.5) is 0 Å². The zero-order valence-electron chi connectivity index (χ0n) is 12.0. The van der Waals surface area contributed by atoms with Crippen LogP contribution in [-0.4, -0.2) is 39.1 Å². The molecule has 3 fully saturated rings. The van der Waals surface area contributed by atoms with Crippen molar-refractivity contribution in [3.63, 3.8) is 0 Å². The molecule has 2 unspecified atom stereocenters. The molecule has 0 aliphatic carbocycles. The highest BCUT2D eigenvalue weighted by Gasteiger charge is 2.48. The summed E-state index contributed by atoms with van der Waals surface area (Å²) in [5.41, 5.74) is 3.93. The molecular weight excluding hydrogens is 276 g/mol. The molecule has 6 heterocycles. The highest BCUT2D eigenvalue weighted by atomic mass is 15.2. The van der Waals surface area contributed by atoms with Gasteiger partial charge in [-0.1, -0.05) is 0 Å². The maximum Gasteiger partial charge on any atom is 0.141 e. The highest BCUT2D eigenvalue weighted by molar-refractivity contribution is 5.90. The summed E-state index contributed by atoms with van der Waals surface area (Å²) in [6.45, 7) is 2.01. The Bertz CT molecular complexity index is 826. The molecule has 0 saturated carbocycles. The van der Waals surface area contributed by atoms with Crippen molar-refractivity contribution < 1.29 is 0 Å². The van der Waals surface area contributed by atoms with E-state index in [1.165, 1.54) is 6.42 Å². The lowest BCUT2D eigenvalue weighted by Gasteiger charge is -2.53. The van der Waals surface area contributed by atoms with Gasteiger partial charge in [0.2, 0.25) is 0 Å². The summed E-state index contributed by atoms with van der Waals surface area (Å²) in [4.78, 5) is 16.5. The number of pyridine rings is 1. The fraction of sp³-hybridized carbons (Fsp3) is 0.312. The van der Waals surface area contributed by atoms with Gasteiger partial charge in [-0.05, 0) is 24.6 Å². The number of aromatic amines is 1. The van der Waals surface area contributed by atoms with Gasteiger partial charge in [-0.25, -0.2) is 9.97 Å². The molecule has 6 heteroatoms. The smallest absolute Gasteiger partial charge is 0.141 e. The molecule has 3 aromatic heterocycles. The lowest BCUT2D eigenvalue weighted by Crippen LogP contribution is -2.72. The monoisotopic (exact) mass is 292 g/mol. The quantitative estimate of drug-likeness (QED) is 0.661. The van der Waals surface area contributed by atoms with Crippen molar-refractivity contribution in [1.82, 2.24) is 30.6 Å². The van der Waals surface area contributed by atoms with Gasteiger partial charge in [0.1, 0.15) is 12.0 Å². The Morgan fingerprint density at radius 2 is 2.09 bits per heavy atom. The number of nitrogens with zero attached hydrogens (tertiary/aromatic N) is 3. The highest BCUT2D eigenvalue weighted by Crippen LogP contribution is 2.36. The number of hydrogen-bond acceptors (Lipinski definition) is 5. The number of nitrogens with one attached hydrogen (secondary N) is 3. The predicted octanol–water partition coefficient (Wildman–Crippen LogP) is 1.18. The minimum atomic E-state index is 0.0243. The summed E-state index contributed by atoms with van der Waals surface area (Å²) in [5.74, 6) is 0. The van der Waals surface area contributed by atoms with E-state index in [0.29, 0.717) is 6.04 Å². The molecule has 2 atom stereocenters. The van der Waals surface area contributed by atoms with Gasteiger partial charge in [0, 0.05) is 42.5 Å². The summed E-state index contributed by atoms with van der Waals surface area (Å²) in [7, 11) is 0. The second-order valence-corrected chi connectivity index (χ2v) is 6.15. The first-order valence-electron chi connectivity index (χ1n) is 7.57. The molecule has 3 aromatic rings. The average molecular weight is 292 g/mol. The Labute approximate surface area is 127 Å². The van der Waals surface area contributed by atoms with E-state index in [1.54, 1.807) is 6.33 Å². The normalized spacial score (nSPS) is 26.8. The van der Waals surface area contributed by atoms with Crippen LogP contribution in [-0.2, 0) is 5.54 Å². The molecule has 110 valence electrons. The topological polar surface area (TPSA) is 78.5 Å². The third kappa shape index (κ3) is 1.65. The fourth-order valence-electron chi connectivity index (χ4n) is 3.68. The van der Waals surface area contributed by atoms with Crippen molar-refractivity contribution in [2.24, 2.45) is 0 Å². The summed E-state index contributed by atoms with van der Waals surface area (Å²) in [6.07, 6.45) is 6.56. The predicted molar refractivity (Wildman–Crippen MR) is 83.2 cm³/mol. The molecule has 0 radical (unpaired) electrons. The first-order valence-corrected chi connectivity index (χ1v) is 7.57. The molecular formula is C16H16N6. The minimum absolute atomic E-state index is 0.0243. The molecule has 0 spiro atoms. The van der Waals surface area contributed by atoms with Gasteiger partial charge in [0.25, 0.3) is 0 Å². The van der Waals surface area contributed by atoms with Gasteiger partial charge in [-0.3, -0.25) is 4.98 Å². The molecule has 3 aliphatic heterocycles. The number of piperidine rings is 1. The number of piperazine rings is 1. The van der Waals surface area contributed by atoms with Crippen LogP contribution in [0.5, 0.6) is 0 Å². The van der Waals surface area contributed by atoms with Crippen LogP contribution in [0, 0.1) is 0 Å². The van der Waals surface area contributed by atoms with Crippen LogP contribution in [0.25, 0.3) is 22.3 Å². The van der Waals surface area contributed by atoms with Gasteiger partial charge in [0.15, 0.2) is 0 Å². The first-order chi connectivity index (χ1) is 10.8. The van der Waals surface area contributed by atoms with E-state index in [2.05, 4.69) is 37.7 Å². The molecule has 22 heavy (non-hydrogen) atoms. The Balaban J connectivity index is 1.53. The summed E-state index contributed by atoms with van der Waals surface area (Å²) in [5, 5.41) is 8.13. The zero-order valence-corrected chi connectivity index (χ0v) is 12.0.